The van der Waals surface area contributed by atoms with Crippen LogP contribution in [0.25, 0.3) is 23.0 Å². The van der Waals surface area contributed by atoms with E-state index in [0.29, 0.717) is 11.7 Å². The summed E-state index contributed by atoms with van der Waals surface area (Å²) in [6.45, 7) is 0. The fraction of sp³-hybridized carbons (Fsp3) is 0.421. The number of aromatic amines is 1. The van der Waals surface area contributed by atoms with Gasteiger partial charge in [0.25, 0.3) is 0 Å². The third kappa shape index (κ3) is 2.43. The molecule has 6 nitrogen and oxygen atoms in total. The number of nitrogens with zero attached hydrogens (tertiary/aromatic N) is 4. The number of nitrogens with one attached hydrogen (secondary N) is 1. The molecule has 3 aromatic heterocycles. The van der Waals surface area contributed by atoms with Crippen LogP contribution >= 0.6 is 11.6 Å². The number of nitrogen functional groups attached to an aromatic ring is 1. The number of halogens is 1. The Bertz CT molecular complexity index is 995. The summed E-state index contributed by atoms with van der Waals surface area (Å²) >= 11 is 6.47. The molecule has 5 rings (SSSR count). The Labute approximate surface area is 156 Å². The van der Waals surface area contributed by atoms with E-state index in [2.05, 4.69) is 33.3 Å². The van der Waals surface area contributed by atoms with Gasteiger partial charge in [-0.2, -0.15) is 5.10 Å². The second kappa shape index (κ2) is 6.13. The van der Waals surface area contributed by atoms with Crippen LogP contribution in [0.15, 0.2) is 18.5 Å². The molecule has 0 radical (unpaired) electrons. The van der Waals surface area contributed by atoms with Gasteiger partial charge in [-0.3, -0.25) is 0 Å². The lowest BCUT2D eigenvalue weighted by atomic mass is 9.89. The number of hydrogen-bond acceptors (Lipinski definition) is 4. The molecule has 3 aromatic rings. The molecule has 3 N–H and O–H groups in total. The van der Waals surface area contributed by atoms with E-state index in [-0.39, 0.29) is 5.38 Å². The Hall–Kier alpha value is -2.34. The van der Waals surface area contributed by atoms with Crippen molar-refractivity contribution >= 4 is 29.0 Å². The zero-order valence-corrected chi connectivity index (χ0v) is 15.2. The number of nitrogens with two attached hydrogens (primary N) is 1. The van der Waals surface area contributed by atoms with Gasteiger partial charge >= 0.3 is 0 Å². The molecule has 1 saturated carbocycles. The first kappa shape index (κ1) is 15.9. The van der Waals surface area contributed by atoms with Crippen LogP contribution in [0, 0.1) is 0 Å². The van der Waals surface area contributed by atoms with Crippen molar-refractivity contribution in [2.45, 2.75) is 49.8 Å². The van der Waals surface area contributed by atoms with Gasteiger partial charge in [-0.1, -0.05) is 31.4 Å². The third-order valence-electron chi connectivity index (χ3n) is 5.55. The number of aromatic nitrogens is 5. The van der Waals surface area contributed by atoms with E-state index in [9.17, 15) is 0 Å². The average Bonchev–Trinajstić information content (AvgIpc) is 3.25. The Kier molecular flexibility index (Phi) is 3.74. The van der Waals surface area contributed by atoms with Crippen molar-refractivity contribution in [1.29, 1.82) is 0 Å². The van der Waals surface area contributed by atoms with E-state index < -0.39 is 0 Å². The van der Waals surface area contributed by atoms with Crippen molar-refractivity contribution in [2.24, 2.45) is 0 Å². The highest BCUT2D eigenvalue weighted by molar-refractivity contribution is 6.21. The maximum atomic E-state index is 6.47. The second-order valence-electron chi connectivity index (χ2n) is 7.22. The summed E-state index contributed by atoms with van der Waals surface area (Å²) in [4.78, 5) is 12.7. The first-order chi connectivity index (χ1) is 12.7. The Balaban J connectivity index is 1.69. The zero-order valence-electron chi connectivity index (χ0n) is 14.5. The Morgan fingerprint density at radius 3 is 2.88 bits per heavy atom. The van der Waals surface area contributed by atoms with Gasteiger partial charge in [0.05, 0.1) is 11.1 Å². The second-order valence-corrected chi connectivity index (χ2v) is 7.74. The number of H-pyrrole nitrogens is 1. The third-order valence-corrected chi connectivity index (χ3v) is 5.94. The molecule has 0 amide bonds. The molecule has 26 heavy (non-hydrogen) atoms. The molecule has 2 aliphatic carbocycles. The molecule has 7 heteroatoms. The highest BCUT2D eigenvalue weighted by Gasteiger charge is 2.26. The van der Waals surface area contributed by atoms with E-state index in [4.69, 9.17) is 22.3 Å². The van der Waals surface area contributed by atoms with Gasteiger partial charge < -0.3 is 10.7 Å². The quantitative estimate of drug-likeness (QED) is 0.654. The van der Waals surface area contributed by atoms with Crippen LogP contribution in [0.1, 0.15) is 66.9 Å². The van der Waals surface area contributed by atoms with Gasteiger partial charge in [0.1, 0.15) is 23.4 Å². The number of rotatable bonds is 2. The first-order valence-electron chi connectivity index (χ1n) is 9.25. The summed E-state index contributed by atoms with van der Waals surface area (Å²) in [5, 5.41) is 4.43. The minimum absolute atomic E-state index is 0.0379. The maximum absolute atomic E-state index is 6.47. The molecule has 2 aliphatic rings. The smallest absolute Gasteiger partial charge is 0.153 e. The minimum Gasteiger partial charge on any atom is -0.382 e. The number of anilines is 1. The van der Waals surface area contributed by atoms with Gasteiger partial charge in [-0.25, -0.2) is 14.5 Å². The highest BCUT2D eigenvalue weighted by atomic mass is 35.5. The van der Waals surface area contributed by atoms with Crippen molar-refractivity contribution in [2.75, 3.05) is 5.73 Å². The van der Waals surface area contributed by atoms with Crippen LogP contribution in [0.4, 0.5) is 5.82 Å². The van der Waals surface area contributed by atoms with Crippen LogP contribution in [-0.4, -0.2) is 24.6 Å². The lowest BCUT2D eigenvalue weighted by Crippen LogP contribution is -2.10. The number of fused-ring (bicyclic) bond motifs is 2. The molecule has 3 heterocycles. The van der Waals surface area contributed by atoms with E-state index >= 15 is 0 Å². The van der Waals surface area contributed by atoms with E-state index in [1.807, 2.05) is 4.52 Å². The topological polar surface area (TPSA) is 84.9 Å². The summed E-state index contributed by atoms with van der Waals surface area (Å²) < 4.78 is 1.89. The molecule has 1 fully saturated rings. The van der Waals surface area contributed by atoms with Crippen LogP contribution in [0.3, 0.4) is 0 Å². The van der Waals surface area contributed by atoms with E-state index in [1.54, 1.807) is 0 Å². The van der Waals surface area contributed by atoms with Crippen molar-refractivity contribution in [1.82, 2.24) is 24.6 Å². The summed E-state index contributed by atoms with van der Waals surface area (Å²) in [5.74, 6) is 1.87. The van der Waals surface area contributed by atoms with Crippen LogP contribution in [-0.2, 0) is 0 Å². The van der Waals surface area contributed by atoms with Gasteiger partial charge in [-0.05, 0) is 30.9 Å². The van der Waals surface area contributed by atoms with Gasteiger partial charge in [0.15, 0.2) is 5.82 Å². The normalized spacial score (nSPS) is 20.6. The molecule has 0 bridgehead atoms. The molecular weight excluding hydrogens is 348 g/mol. The molecule has 1 unspecified atom stereocenters. The van der Waals surface area contributed by atoms with Crippen molar-refractivity contribution in [3.63, 3.8) is 0 Å². The average molecular weight is 369 g/mol. The molecule has 134 valence electrons. The van der Waals surface area contributed by atoms with Gasteiger partial charge in [-0.15, -0.1) is 11.6 Å². The monoisotopic (exact) mass is 368 g/mol. The SMILES string of the molecule is Nc1ncnn2c(C3CCCCC3)nc(-c3cc4c([nH]3)C(Cl)CC=C4)c12. The maximum Gasteiger partial charge on any atom is 0.153 e. The lowest BCUT2D eigenvalue weighted by molar-refractivity contribution is 0.424. The van der Waals surface area contributed by atoms with E-state index in [0.717, 1.165) is 53.2 Å². The predicted molar refractivity (Wildman–Crippen MR) is 103 cm³/mol. The first-order valence-corrected chi connectivity index (χ1v) is 9.69. The van der Waals surface area contributed by atoms with Crippen molar-refractivity contribution in [3.8, 4) is 11.4 Å². The summed E-state index contributed by atoms with van der Waals surface area (Å²) in [5.41, 5.74) is 10.9. The highest BCUT2D eigenvalue weighted by Crippen LogP contribution is 2.39. The molecule has 0 aromatic carbocycles. The largest absolute Gasteiger partial charge is 0.382 e. The van der Waals surface area contributed by atoms with Crippen LogP contribution in [0.5, 0.6) is 0 Å². The minimum atomic E-state index is -0.0379. The molecule has 0 aliphatic heterocycles. The van der Waals surface area contributed by atoms with Gasteiger partial charge in [0.2, 0.25) is 0 Å². The van der Waals surface area contributed by atoms with Gasteiger partial charge in [0, 0.05) is 11.6 Å². The van der Waals surface area contributed by atoms with Crippen LogP contribution in [0.2, 0.25) is 0 Å². The van der Waals surface area contributed by atoms with Crippen LogP contribution < -0.4 is 5.73 Å². The lowest BCUT2D eigenvalue weighted by Gasteiger charge is -2.19. The predicted octanol–water partition coefficient (Wildman–Crippen LogP) is 4.45. The molecule has 0 spiro atoms. The number of hydrogen-bond donors (Lipinski definition) is 2. The molecular formula is C19H21ClN6. The fourth-order valence-corrected chi connectivity index (χ4v) is 4.52. The number of allylic oxidation sites excluding steroid dienone is 1. The van der Waals surface area contributed by atoms with Crippen molar-refractivity contribution in [3.05, 3.63) is 35.6 Å². The standard InChI is InChI=1S/C19H21ClN6/c20-13-8-4-7-12-9-14(24-15(12)13)16-17-18(21)22-10-23-26(17)19(25-16)11-5-2-1-3-6-11/h4,7,9-11,13,24H,1-3,5-6,8H2,(H2,21,22,23). The summed E-state index contributed by atoms with van der Waals surface area (Å²) in [6.07, 6.45) is 12.6. The molecule has 1 atom stereocenters. The summed E-state index contributed by atoms with van der Waals surface area (Å²) in [6, 6.07) is 2.10. The number of imidazole rings is 1. The van der Waals surface area contributed by atoms with Crippen molar-refractivity contribution < 1.29 is 0 Å². The number of alkyl halides is 1. The summed E-state index contributed by atoms with van der Waals surface area (Å²) in [7, 11) is 0. The fourth-order valence-electron chi connectivity index (χ4n) is 4.23. The Morgan fingerprint density at radius 1 is 1.23 bits per heavy atom. The zero-order chi connectivity index (χ0) is 17.7. The van der Waals surface area contributed by atoms with E-state index in [1.165, 1.54) is 25.6 Å². The molecule has 0 saturated heterocycles. The Morgan fingerprint density at radius 2 is 2.08 bits per heavy atom.